The van der Waals surface area contributed by atoms with Crippen LogP contribution in [0.25, 0.3) is 0 Å². The summed E-state index contributed by atoms with van der Waals surface area (Å²) in [4.78, 5) is 0. The van der Waals surface area contributed by atoms with Crippen molar-refractivity contribution >= 4 is 11.9 Å². The van der Waals surface area contributed by atoms with E-state index in [1.54, 1.807) is 0 Å². The van der Waals surface area contributed by atoms with Gasteiger partial charge in [-0.25, -0.2) is 0 Å². The number of nitrogens with one attached hydrogen (secondary N) is 3. The molecular weight excluding hydrogens is 304 g/mol. The topological polar surface area (TPSA) is 62.1 Å². The lowest BCUT2D eigenvalue weighted by atomic mass is 10.1. The normalized spacial score (nSPS) is 11.6. The first-order valence-corrected chi connectivity index (χ1v) is 10.5. The van der Waals surface area contributed by atoms with Crippen LogP contribution in [0.3, 0.4) is 0 Å². The highest BCUT2D eigenvalue weighted by Gasteiger charge is 1.92. The van der Waals surface area contributed by atoms with E-state index < -0.39 is 0 Å². The van der Waals surface area contributed by atoms with E-state index in [2.05, 4.69) is 34.4 Å². The third kappa shape index (κ3) is 21.9. The Bertz CT molecular complexity index is 237. The molecule has 138 valence electrons. The number of hydrogen-bond donors (Lipinski definition) is 4. The summed E-state index contributed by atoms with van der Waals surface area (Å²) >= 11 is 1.89. The van der Waals surface area contributed by atoms with E-state index in [0.717, 1.165) is 45.7 Å². The summed E-state index contributed by atoms with van der Waals surface area (Å²) in [7, 11) is 0. The predicted molar refractivity (Wildman–Crippen MR) is 107 cm³/mol. The van der Waals surface area contributed by atoms with Crippen molar-refractivity contribution < 1.29 is 0 Å². The van der Waals surface area contributed by atoms with Gasteiger partial charge < -0.3 is 16.4 Å². The van der Waals surface area contributed by atoms with Crippen LogP contribution in [0.15, 0.2) is 12.2 Å². The van der Waals surface area contributed by atoms with Crippen molar-refractivity contribution in [2.75, 3.05) is 45.0 Å². The van der Waals surface area contributed by atoms with Crippen molar-refractivity contribution in [3.05, 3.63) is 12.2 Å². The third-order valence-electron chi connectivity index (χ3n) is 3.58. The van der Waals surface area contributed by atoms with Crippen molar-refractivity contribution in [3.8, 4) is 0 Å². The minimum Gasteiger partial charge on any atom is -0.330 e. The molecule has 0 aromatic heterocycles. The zero-order valence-electron chi connectivity index (χ0n) is 15.2. The number of unbranched alkanes of at least 4 members (excludes halogenated alkanes) is 5. The van der Waals surface area contributed by atoms with Crippen LogP contribution in [0.1, 0.15) is 58.3 Å². The van der Waals surface area contributed by atoms with E-state index in [1.807, 2.05) is 11.9 Å². The molecule has 0 heterocycles. The lowest BCUT2D eigenvalue weighted by molar-refractivity contribution is 0.626. The second-order valence-electron chi connectivity index (χ2n) is 5.89. The summed E-state index contributed by atoms with van der Waals surface area (Å²) in [5, 5.41) is 6.76. The smallest absolute Gasteiger partial charge is 0.0135 e. The molecule has 0 radical (unpaired) electrons. The summed E-state index contributed by atoms with van der Waals surface area (Å²) < 4.78 is 3.46. The van der Waals surface area contributed by atoms with Crippen molar-refractivity contribution in [2.24, 2.45) is 5.73 Å². The fraction of sp³-hybridized carbons (Fsp3) is 0.889. The Labute approximate surface area is 149 Å². The fourth-order valence-corrected chi connectivity index (χ4v) is 2.93. The monoisotopic (exact) mass is 344 g/mol. The molecule has 0 aliphatic rings. The molecule has 4 nitrogen and oxygen atoms in total. The molecule has 0 saturated carbocycles. The van der Waals surface area contributed by atoms with Crippen LogP contribution in [0.4, 0.5) is 0 Å². The van der Waals surface area contributed by atoms with Gasteiger partial charge in [0.05, 0.1) is 0 Å². The molecule has 0 spiro atoms. The Kier molecular flexibility index (Phi) is 21.9. The lowest BCUT2D eigenvalue weighted by Crippen LogP contribution is -2.20. The van der Waals surface area contributed by atoms with E-state index in [4.69, 9.17) is 5.73 Å². The first kappa shape index (κ1) is 22.9. The zero-order valence-corrected chi connectivity index (χ0v) is 16.1. The Balaban J connectivity index is 3.01. The Morgan fingerprint density at radius 1 is 0.783 bits per heavy atom. The van der Waals surface area contributed by atoms with Crippen LogP contribution in [0.5, 0.6) is 0 Å². The van der Waals surface area contributed by atoms with Gasteiger partial charge in [-0.2, -0.15) is 0 Å². The van der Waals surface area contributed by atoms with Crippen LogP contribution in [0, 0.1) is 0 Å². The maximum absolute atomic E-state index is 5.43. The van der Waals surface area contributed by atoms with Gasteiger partial charge in [0.25, 0.3) is 0 Å². The van der Waals surface area contributed by atoms with Crippen LogP contribution in [-0.4, -0.2) is 45.0 Å². The van der Waals surface area contributed by atoms with Crippen LogP contribution >= 0.6 is 11.9 Å². The molecule has 0 unspecified atom stereocenters. The van der Waals surface area contributed by atoms with Crippen LogP contribution in [0.2, 0.25) is 0 Å². The molecule has 0 atom stereocenters. The highest BCUT2D eigenvalue weighted by Crippen LogP contribution is 2.07. The molecule has 0 saturated heterocycles. The van der Waals surface area contributed by atoms with Gasteiger partial charge in [-0.15, -0.1) is 0 Å². The van der Waals surface area contributed by atoms with Gasteiger partial charge in [0.15, 0.2) is 0 Å². The van der Waals surface area contributed by atoms with E-state index in [0.29, 0.717) is 0 Å². The quantitative estimate of drug-likeness (QED) is 0.165. The van der Waals surface area contributed by atoms with E-state index in [1.165, 1.54) is 50.7 Å². The van der Waals surface area contributed by atoms with Gasteiger partial charge >= 0.3 is 0 Å². The molecule has 0 aromatic rings. The van der Waals surface area contributed by atoms with Crippen LogP contribution in [-0.2, 0) is 0 Å². The minimum atomic E-state index is 0.767. The molecular formula is C18H40N4S. The summed E-state index contributed by atoms with van der Waals surface area (Å²) in [5.41, 5.74) is 5.43. The predicted octanol–water partition coefficient (Wildman–Crippen LogP) is 3.06. The SMILES string of the molecule is CCCCCCCCSNCCCNC/C=C/CNCCCN. The number of nitrogens with two attached hydrogens (primary N) is 1. The largest absolute Gasteiger partial charge is 0.330 e. The molecule has 5 N–H and O–H groups in total. The molecule has 5 heteroatoms. The average Bonchev–Trinajstić information content (AvgIpc) is 2.57. The van der Waals surface area contributed by atoms with Crippen LogP contribution < -0.4 is 21.1 Å². The van der Waals surface area contributed by atoms with Crippen molar-refractivity contribution in [2.45, 2.75) is 58.3 Å². The molecule has 23 heavy (non-hydrogen) atoms. The fourth-order valence-electron chi connectivity index (χ4n) is 2.15. The standard InChI is InChI=1S/C18H40N4S/c1-2-3-4-5-6-9-18-23-22-17-11-16-21-14-8-7-13-20-15-10-12-19/h7-8,20-22H,2-6,9-19H2,1H3/b8-7+. The van der Waals surface area contributed by atoms with Gasteiger partial charge in [0, 0.05) is 25.4 Å². The van der Waals surface area contributed by atoms with Gasteiger partial charge in [0.2, 0.25) is 0 Å². The van der Waals surface area contributed by atoms with Gasteiger partial charge in [-0.1, -0.05) is 63.1 Å². The van der Waals surface area contributed by atoms with E-state index in [9.17, 15) is 0 Å². The van der Waals surface area contributed by atoms with Crippen molar-refractivity contribution in [3.63, 3.8) is 0 Å². The average molecular weight is 345 g/mol. The highest BCUT2D eigenvalue weighted by molar-refractivity contribution is 7.97. The zero-order chi connectivity index (χ0) is 16.8. The molecule has 0 amide bonds. The van der Waals surface area contributed by atoms with Gasteiger partial charge in [-0.3, -0.25) is 4.72 Å². The minimum absolute atomic E-state index is 0.767. The number of hydrogen-bond acceptors (Lipinski definition) is 5. The summed E-state index contributed by atoms with van der Waals surface area (Å²) in [6, 6.07) is 0. The van der Waals surface area contributed by atoms with E-state index in [-0.39, 0.29) is 0 Å². The van der Waals surface area contributed by atoms with Crippen molar-refractivity contribution in [1.82, 2.24) is 15.4 Å². The Hall–Kier alpha value is -0.0700. The summed E-state index contributed by atoms with van der Waals surface area (Å²) in [6.45, 7) is 8.13. The van der Waals surface area contributed by atoms with Gasteiger partial charge in [0.1, 0.15) is 0 Å². The van der Waals surface area contributed by atoms with Crippen molar-refractivity contribution in [1.29, 1.82) is 0 Å². The molecule has 0 aromatic carbocycles. The molecule has 0 aliphatic heterocycles. The first-order valence-electron chi connectivity index (χ1n) is 9.53. The molecule has 0 rings (SSSR count). The third-order valence-corrected chi connectivity index (χ3v) is 4.48. The second kappa shape index (κ2) is 21.9. The summed E-state index contributed by atoms with van der Waals surface area (Å²) in [5.74, 6) is 1.25. The Morgan fingerprint density at radius 3 is 2.13 bits per heavy atom. The molecule has 0 fully saturated rings. The molecule has 0 aliphatic carbocycles. The highest BCUT2D eigenvalue weighted by atomic mass is 32.2. The first-order chi connectivity index (χ1) is 11.4. The Morgan fingerprint density at radius 2 is 1.43 bits per heavy atom. The second-order valence-corrected chi connectivity index (χ2v) is 6.87. The maximum Gasteiger partial charge on any atom is 0.0135 e. The van der Waals surface area contributed by atoms with E-state index >= 15 is 0 Å². The summed E-state index contributed by atoms with van der Waals surface area (Å²) in [6.07, 6.45) is 14.9. The maximum atomic E-state index is 5.43. The van der Waals surface area contributed by atoms with Gasteiger partial charge in [-0.05, 0) is 38.9 Å². The molecule has 0 bridgehead atoms. The lowest BCUT2D eigenvalue weighted by Gasteiger charge is -2.05. The number of rotatable bonds is 19.